The number of aromatic nitrogens is 10. The molecule has 0 aliphatic carbocycles. The molecule has 0 radical (unpaired) electrons. The van der Waals surface area contributed by atoms with E-state index < -0.39 is 0 Å². The first-order valence-electron chi connectivity index (χ1n) is 19.8. The van der Waals surface area contributed by atoms with Crippen LogP contribution in [0.2, 0.25) is 0 Å². The maximum atomic E-state index is 10.2. The van der Waals surface area contributed by atoms with Crippen LogP contribution < -0.4 is 0 Å². The molecule has 6 aromatic carbocycles. The van der Waals surface area contributed by atoms with Crippen LogP contribution in [0.25, 0.3) is 95.6 Å². The van der Waals surface area contributed by atoms with E-state index >= 15 is 0 Å². The minimum absolute atomic E-state index is 0.481. The van der Waals surface area contributed by atoms with Gasteiger partial charge in [0.2, 0.25) is 0 Å². The van der Waals surface area contributed by atoms with Gasteiger partial charge in [0.15, 0.2) is 29.1 Å². The number of nitriles is 1. The van der Waals surface area contributed by atoms with E-state index in [0.29, 0.717) is 58.0 Å². The van der Waals surface area contributed by atoms with Gasteiger partial charge in [-0.25, -0.2) is 44.9 Å². The zero-order chi connectivity index (χ0) is 41.6. The summed E-state index contributed by atoms with van der Waals surface area (Å²) < 4.78 is 2.25. The van der Waals surface area contributed by atoms with Crippen molar-refractivity contribution in [2.45, 2.75) is 27.7 Å². The van der Waals surface area contributed by atoms with Gasteiger partial charge in [-0.2, -0.15) is 5.26 Å². The smallest absolute Gasteiger partial charge is 0.166 e. The summed E-state index contributed by atoms with van der Waals surface area (Å²) in [7, 11) is 0. The Balaban J connectivity index is 1.29. The maximum Gasteiger partial charge on any atom is 0.166 e. The fourth-order valence-electron chi connectivity index (χ4n) is 7.89. The van der Waals surface area contributed by atoms with Gasteiger partial charge >= 0.3 is 0 Å². The summed E-state index contributed by atoms with van der Waals surface area (Å²) in [6.07, 6.45) is 0. The van der Waals surface area contributed by atoms with Gasteiger partial charge in [0.25, 0.3) is 0 Å². The minimum Gasteiger partial charge on any atom is -0.308 e. The van der Waals surface area contributed by atoms with Crippen LogP contribution in [0.5, 0.6) is 0 Å². The van der Waals surface area contributed by atoms with Crippen LogP contribution in [-0.2, 0) is 0 Å². The van der Waals surface area contributed by atoms with Crippen molar-refractivity contribution in [2.24, 2.45) is 0 Å². The Bertz CT molecular complexity index is 3160. The molecule has 11 nitrogen and oxygen atoms in total. The lowest BCUT2D eigenvalue weighted by Crippen LogP contribution is -2.04. The molecule has 10 rings (SSSR count). The number of fused-ring (bicyclic) bond motifs is 3. The van der Waals surface area contributed by atoms with Crippen molar-refractivity contribution in [3.8, 4) is 79.8 Å². The largest absolute Gasteiger partial charge is 0.308 e. The van der Waals surface area contributed by atoms with Gasteiger partial charge in [-0.1, -0.05) is 84.9 Å². The first kappa shape index (κ1) is 36.9. The molecule has 0 atom stereocenters. The Kier molecular flexibility index (Phi) is 9.15. The molecule has 0 unspecified atom stereocenters. The molecule has 0 aliphatic heterocycles. The van der Waals surface area contributed by atoms with E-state index in [9.17, 15) is 5.26 Å². The van der Waals surface area contributed by atoms with E-state index in [-0.39, 0.29) is 0 Å². The second-order valence-corrected chi connectivity index (χ2v) is 14.7. The molecular formula is C50H35N11. The van der Waals surface area contributed by atoms with Crippen molar-refractivity contribution in [1.82, 2.24) is 49.4 Å². The minimum atomic E-state index is 0.481. The molecule has 290 valence electrons. The van der Waals surface area contributed by atoms with E-state index in [1.807, 2.05) is 125 Å². The van der Waals surface area contributed by atoms with Crippen molar-refractivity contribution < 1.29 is 0 Å². The van der Waals surface area contributed by atoms with Gasteiger partial charge < -0.3 is 4.57 Å². The average molecular weight is 790 g/mol. The zero-order valence-corrected chi connectivity index (χ0v) is 33.7. The van der Waals surface area contributed by atoms with Gasteiger partial charge in [-0.3, -0.25) is 0 Å². The zero-order valence-electron chi connectivity index (χ0n) is 33.7. The highest BCUT2D eigenvalue weighted by Gasteiger charge is 2.22. The highest BCUT2D eigenvalue weighted by atomic mass is 15.1. The Labute approximate surface area is 351 Å². The van der Waals surface area contributed by atoms with Crippen LogP contribution >= 0.6 is 0 Å². The quantitative estimate of drug-likeness (QED) is 0.153. The lowest BCUT2D eigenvalue weighted by atomic mass is 9.97. The molecule has 61 heavy (non-hydrogen) atoms. The average Bonchev–Trinajstić information content (AvgIpc) is 3.61. The molecule has 0 fully saturated rings. The monoisotopic (exact) mass is 789 g/mol. The second-order valence-electron chi connectivity index (χ2n) is 14.7. The predicted molar refractivity (Wildman–Crippen MR) is 237 cm³/mol. The Morgan fingerprint density at radius 1 is 0.377 bits per heavy atom. The Hall–Kier alpha value is -8.36. The number of hydrogen-bond donors (Lipinski definition) is 0. The van der Waals surface area contributed by atoms with Crippen LogP contribution in [0, 0.1) is 39.0 Å². The van der Waals surface area contributed by atoms with E-state index in [0.717, 1.165) is 66.4 Å². The highest BCUT2D eigenvalue weighted by molar-refractivity contribution is 6.12. The third kappa shape index (κ3) is 6.92. The molecular weight excluding hydrogens is 755 g/mol. The van der Waals surface area contributed by atoms with Gasteiger partial charge in [-0.15, -0.1) is 0 Å². The van der Waals surface area contributed by atoms with Crippen LogP contribution in [0.15, 0.2) is 140 Å². The summed E-state index contributed by atoms with van der Waals surface area (Å²) in [5, 5.41) is 12.1. The van der Waals surface area contributed by atoms with Gasteiger partial charge in [0.1, 0.15) is 23.3 Å². The topological polar surface area (TPSA) is 145 Å². The molecule has 0 bridgehead atoms. The number of benzene rings is 6. The molecule has 0 saturated carbocycles. The third-order valence-electron chi connectivity index (χ3n) is 10.5. The van der Waals surface area contributed by atoms with Crippen molar-refractivity contribution in [1.29, 1.82) is 5.26 Å². The second kappa shape index (κ2) is 15.1. The van der Waals surface area contributed by atoms with Gasteiger partial charge in [0, 0.05) is 38.6 Å². The molecule has 0 spiro atoms. The highest BCUT2D eigenvalue weighted by Crippen LogP contribution is 2.40. The van der Waals surface area contributed by atoms with Gasteiger partial charge in [-0.05, 0) is 93.4 Å². The lowest BCUT2D eigenvalue weighted by Gasteiger charge is -2.17. The van der Waals surface area contributed by atoms with E-state index in [2.05, 4.69) is 63.1 Å². The van der Waals surface area contributed by atoms with E-state index in [1.165, 1.54) is 0 Å². The molecule has 0 N–H and O–H groups in total. The number of nitrogens with zero attached hydrogens (tertiary/aromatic N) is 11. The predicted octanol–water partition coefficient (Wildman–Crippen LogP) is 10.4. The summed E-state index contributed by atoms with van der Waals surface area (Å²) in [6, 6.07) is 48.7. The molecule has 4 aromatic heterocycles. The van der Waals surface area contributed by atoms with Crippen LogP contribution in [-0.4, -0.2) is 49.4 Å². The van der Waals surface area contributed by atoms with Crippen molar-refractivity contribution in [3.63, 3.8) is 0 Å². The fraction of sp³-hybridized carbons (Fsp3) is 0.0800. The molecule has 0 amide bonds. The first-order valence-corrected chi connectivity index (χ1v) is 19.8. The summed E-state index contributed by atoms with van der Waals surface area (Å²) in [5.74, 6) is 5.36. The fourth-order valence-corrected chi connectivity index (χ4v) is 7.89. The van der Waals surface area contributed by atoms with Crippen molar-refractivity contribution >= 4 is 21.8 Å². The Morgan fingerprint density at radius 3 is 1.33 bits per heavy atom. The van der Waals surface area contributed by atoms with Crippen molar-refractivity contribution in [3.05, 3.63) is 168 Å². The van der Waals surface area contributed by atoms with E-state index in [1.54, 1.807) is 0 Å². The molecule has 4 heterocycles. The van der Waals surface area contributed by atoms with Crippen LogP contribution in [0.1, 0.15) is 28.9 Å². The number of rotatable bonds is 7. The summed E-state index contributed by atoms with van der Waals surface area (Å²) in [4.78, 5) is 43.1. The lowest BCUT2D eigenvalue weighted by molar-refractivity contribution is 0.928. The molecule has 0 saturated heterocycles. The molecule has 11 heteroatoms. The van der Waals surface area contributed by atoms with Crippen molar-refractivity contribution in [2.75, 3.05) is 0 Å². The van der Waals surface area contributed by atoms with Gasteiger partial charge in [0.05, 0.1) is 28.4 Å². The number of hydrogen-bond acceptors (Lipinski definition) is 10. The summed E-state index contributed by atoms with van der Waals surface area (Å²) >= 11 is 0. The number of aryl methyl sites for hydroxylation is 4. The Morgan fingerprint density at radius 2 is 0.820 bits per heavy atom. The SMILES string of the molecule is Cc1nc(C)nc(-c2ccc3c(c2)c2cc(-c4nc(C)nc(C)n4)ccc2n3-c2ccc(-c3ccccc3C#N)cc2-c2nc(-c3ccccc3)nc(-c3ccccc3)n2)n1. The third-order valence-corrected chi connectivity index (χ3v) is 10.5. The van der Waals surface area contributed by atoms with Crippen LogP contribution in [0.3, 0.4) is 0 Å². The standard InChI is InChI=1S/C50H35N11/c1-29-52-30(2)55-48(54-29)36-20-23-43-40(26-36)41-27-37(49-56-31(3)53-32(4)57-49)21-24-44(41)61(43)45-22-19-35(39-18-12-11-17-38(39)28-51)25-42(45)50-59-46(33-13-7-5-8-14-33)58-47(60-50)34-15-9-6-10-16-34/h5-27H,1-4H3. The maximum absolute atomic E-state index is 10.2. The molecule has 0 aliphatic rings. The summed E-state index contributed by atoms with van der Waals surface area (Å²) in [5.41, 5.74) is 9.13. The summed E-state index contributed by atoms with van der Waals surface area (Å²) in [6.45, 7) is 7.51. The van der Waals surface area contributed by atoms with E-state index in [4.69, 9.17) is 34.9 Å². The van der Waals surface area contributed by atoms with Crippen LogP contribution in [0.4, 0.5) is 0 Å². The first-order chi connectivity index (χ1) is 29.8. The normalized spacial score (nSPS) is 11.3. The molecule has 10 aromatic rings.